The van der Waals surface area contributed by atoms with E-state index in [-0.39, 0.29) is 28.7 Å². The Morgan fingerprint density at radius 1 is 1.09 bits per heavy atom. The minimum atomic E-state index is -0.755. The first-order chi connectivity index (χ1) is 15.5. The van der Waals surface area contributed by atoms with Crippen LogP contribution in [0.1, 0.15) is 6.92 Å². The molecule has 2 fully saturated rings. The van der Waals surface area contributed by atoms with E-state index in [2.05, 4.69) is 27.1 Å². The number of aromatic nitrogens is 3. The maximum absolute atomic E-state index is 15.2. The van der Waals surface area contributed by atoms with Crippen molar-refractivity contribution in [3.05, 3.63) is 35.9 Å². The SMILES string of the molecule is CC1CNCCN1c1nc(N2CCOCC2)nc2nc(-c3c(O)cccc3F)c(F)cc12. The Morgan fingerprint density at radius 2 is 1.91 bits per heavy atom. The number of aromatic hydroxyl groups is 1. The number of piperazine rings is 1. The monoisotopic (exact) mass is 442 g/mol. The van der Waals surface area contributed by atoms with E-state index in [0.29, 0.717) is 50.0 Å². The van der Waals surface area contributed by atoms with Gasteiger partial charge in [0.05, 0.1) is 24.2 Å². The van der Waals surface area contributed by atoms with Crippen molar-refractivity contribution in [2.24, 2.45) is 0 Å². The number of anilines is 2. The largest absolute Gasteiger partial charge is 0.507 e. The molecule has 0 spiro atoms. The van der Waals surface area contributed by atoms with E-state index in [1.54, 1.807) is 0 Å². The van der Waals surface area contributed by atoms with Crippen molar-refractivity contribution < 1.29 is 18.6 Å². The number of phenols is 1. The van der Waals surface area contributed by atoms with Gasteiger partial charge in [0.1, 0.15) is 23.1 Å². The van der Waals surface area contributed by atoms with Gasteiger partial charge < -0.3 is 25.0 Å². The zero-order chi connectivity index (χ0) is 22.2. The molecular weight excluding hydrogens is 418 g/mol. The molecule has 10 heteroatoms. The normalized spacial score (nSPS) is 19.5. The predicted octanol–water partition coefficient (Wildman–Crippen LogP) is 2.31. The second-order valence-electron chi connectivity index (χ2n) is 8.02. The first-order valence-electron chi connectivity index (χ1n) is 10.7. The molecular formula is C22H24F2N6O2. The lowest BCUT2D eigenvalue weighted by Crippen LogP contribution is -2.50. The number of nitrogens with zero attached hydrogens (tertiary/aromatic N) is 5. The van der Waals surface area contributed by atoms with Gasteiger partial charge in [0.25, 0.3) is 0 Å². The van der Waals surface area contributed by atoms with E-state index >= 15 is 4.39 Å². The minimum absolute atomic E-state index is 0.137. The molecule has 1 aromatic carbocycles. The predicted molar refractivity (Wildman–Crippen MR) is 117 cm³/mol. The summed E-state index contributed by atoms with van der Waals surface area (Å²) >= 11 is 0. The zero-order valence-electron chi connectivity index (χ0n) is 17.7. The van der Waals surface area contributed by atoms with Crippen LogP contribution in [-0.4, -0.2) is 72.0 Å². The Bertz CT molecular complexity index is 1130. The van der Waals surface area contributed by atoms with Gasteiger partial charge in [-0.15, -0.1) is 0 Å². The highest BCUT2D eigenvalue weighted by molar-refractivity contribution is 5.90. The number of hydrogen-bond acceptors (Lipinski definition) is 8. The van der Waals surface area contributed by atoms with Crippen LogP contribution in [0.5, 0.6) is 5.75 Å². The molecule has 0 aliphatic carbocycles. The summed E-state index contributed by atoms with van der Waals surface area (Å²) in [5.74, 6) is -0.807. The minimum Gasteiger partial charge on any atom is -0.507 e. The van der Waals surface area contributed by atoms with Crippen molar-refractivity contribution in [3.63, 3.8) is 0 Å². The Hall–Kier alpha value is -3.11. The lowest BCUT2D eigenvalue weighted by molar-refractivity contribution is 0.122. The quantitative estimate of drug-likeness (QED) is 0.639. The molecule has 0 saturated carbocycles. The summed E-state index contributed by atoms with van der Waals surface area (Å²) in [6.45, 7) is 6.71. The van der Waals surface area contributed by atoms with Crippen molar-refractivity contribution in [3.8, 4) is 17.0 Å². The average Bonchev–Trinajstić information content (AvgIpc) is 2.80. The number of morpholine rings is 1. The highest BCUT2D eigenvalue weighted by Gasteiger charge is 2.27. The molecule has 168 valence electrons. The van der Waals surface area contributed by atoms with E-state index < -0.39 is 11.6 Å². The van der Waals surface area contributed by atoms with Crippen molar-refractivity contribution in [2.75, 3.05) is 55.7 Å². The van der Waals surface area contributed by atoms with Crippen molar-refractivity contribution in [1.82, 2.24) is 20.3 Å². The number of ether oxygens (including phenoxy) is 1. The third-order valence-electron chi connectivity index (χ3n) is 5.90. The molecule has 0 amide bonds. The smallest absolute Gasteiger partial charge is 0.229 e. The lowest BCUT2D eigenvalue weighted by atomic mass is 10.1. The third-order valence-corrected chi connectivity index (χ3v) is 5.90. The number of hydrogen-bond donors (Lipinski definition) is 2. The highest BCUT2D eigenvalue weighted by Crippen LogP contribution is 2.36. The molecule has 5 rings (SSSR count). The van der Waals surface area contributed by atoms with Gasteiger partial charge in [0.15, 0.2) is 11.5 Å². The van der Waals surface area contributed by atoms with Gasteiger partial charge in [-0.1, -0.05) is 6.07 Å². The third kappa shape index (κ3) is 3.69. The summed E-state index contributed by atoms with van der Waals surface area (Å²) in [7, 11) is 0. The van der Waals surface area contributed by atoms with Crippen molar-refractivity contribution >= 4 is 22.8 Å². The van der Waals surface area contributed by atoms with Gasteiger partial charge in [-0.25, -0.2) is 13.8 Å². The Kier molecular flexibility index (Phi) is 5.48. The average molecular weight is 442 g/mol. The van der Waals surface area contributed by atoms with Crippen LogP contribution < -0.4 is 15.1 Å². The maximum Gasteiger partial charge on any atom is 0.229 e. The van der Waals surface area contributed by atoms with E-state index in [0.717, 1.165) is 19.2 Å². The van der Waals surface area contributed by atoms with E-state index in [1.165, 1.54) is 18.2 Å². The van der Waals surface area contributed by atoms with Gasteiger partial charge in [-0.3, -0.25) is 0 Å². The Morgan fingerprint density at radius 3 is 2.66 bits per heavy atom. The first kappa shape index (κ1) is 20.8. The van der Waals surface area contributed by atoms with E-state index in [4.69, 9.17) is 9.72 Å². The van der Waals surface area contributed by atoms with Crippen LogP contribution in [0.15, 0.2) is 24.3 Å². The molecule has 1 atom stereocenters. The second kappa shape index (κ2) is 8.44. The van der Waals surface area contributed by atoms with Crippen LogP contribution in [0, 0.1) is 11.6 Å². The number of fused-ring (bicyclic) bond motifs is 1. The van der Waals surface area contributed by atoms with Crippen molar-refractivity contribution in [1.29, 1.82) is 0 Å². The number of rotatable bonds is 3. The topological polar surface area (TPSA) is 86.6 Å². The molecule has 3 aromatic rings. The van der Waals surface area contributed by atoms with Gasteiger partial charge in [0, 0.05) is 38.8 Å². The van der Waals surface area contributed by atoms with E-state index in [9.17, 15) is 9.50 Å². The standard InChI is InChI=1S/C22H24F2N6O2/c1-13-12-25-5-6-30(13)21-14-11-16(24)19(18-15(23)3-2-4-17(18)31)26-20(14)27-22(28-21)29-7-9-32-10-8-29/h2-4,11,13,25,31H,5-10,12H2,1H3. The van der Waals surface area contributed by atoms with Gasteiger partial charge in [0.2, 0.25) is 5.95 Å². The highest BCUT2D eigenvalue weighted by atomic mass is 19.1. The number of pyridine rings is 1. The van der Waals surface area contributed by atoms with Crippen LogP contribution in [-0.2, 0) is 4.74 Å². The lowest BCUT2D eigenvalue weighted by Gasteiger charge is -2.36. The molecule has 2 N–H and O–H groups in total. The summed E-state index contributed by atoms with van der Waals surface area (Å²) in [6.07, 6.45) is 0. The maximum atomic E-state index is 15.2. The zero-order valence-corrected chi connectivity index (χ0v) is 17.7. The molecule has 2 aliphatic heterocycles. The first-order valence-corrected chi connectivity index (χ1v) is 10.7. The van der Waals surface area contributed by atoms with Crippen LogP contribution in [0.2, 0.25) is 0 Å². The fourth-order valence-electron chi connectivity index (χ4n) is 4.21. The number of phenolic OH excluding ortho intramolecular Hbond substituents is 1. The molecule has 1 unspecified atom stereocenters. The summed E-state index contributed by atoms with van der Waals surface area (Å²) in [4.78, 5) is 17.9. The molecule has 2 aromatic heterocycles. The van der Waals surface area contributed by atoms with E-state index in [1.807, 2.05) is 4.90 Å². The Balaban J connectivity index is 1.72. The van der Waals surface area contributed by atoms with Crippen LogP contribution in [0.4, 0.5) is 20.5 Å². The summed E-state index contributed by atoms with van der Waals surface area (Å²) in [5, 5.41) is 14.0. The molecule has 0 bridgehead atoms. The number of nitrogens with one attached hydrogen (secondary N) is 1. The van der Waals surface area contributed by atoms with Crippen LogP contribution in [0.25, 0.3) is 22.3 Å². The fourth-order valence-corrected chi connectivity index (χ4v) is 4.21. The molecule has 2 saturated heterocycles. The summed E-state index contributed by atoms with van der Waals surface area (Å²) in [6, 6.07) is 5.24. The second-order valence-corrected chi connectivity index (χ2v) is 8.02. The fraction of sp³-hybridized carbons (Fsp3) is 0.409. The Labute approximate surface area is 183 Å². The van der Waals surface area contributed by atoms with Crippen LogP contribution in [0.3, 0.4) is 0 Å². The van der Waals surface area contributed by atoms with Crippen LogP contribution >= 0.6 is 0 Å². The van der Waals surface area contributed by atoms with Gasteiger partial charge in [-0.05, 0) is 25.1 Å². The summed E-state index contributed by atoms with van der Waals surface area (Å²) in [5.41, 5.74) is -0.309. The van der Waals surface area contributed by atoms with Gasteiger partial charge >= 0.3 is 0 Å². The van der Waals surface area contributed by atoms with Gasteiger partial charge in [-0.2, -0.15) is 9.97 Å². The summed E-state index contributed by atoms with van der Waals surface area (Å²) < 4.78 is 35.1. The number of benzene rings is 1. The molecule has 8 nitrogen and oxygen atoms in total. The molecule has 2 aliphatic rings. The van der Waals surface area contributed by atoms with Crippen molar-refractivity contribution in [2.45, 2.75) is 13.0 Å². The number of halogens is 2. The molecule has 0 radical (unpaired) electrons. The molecule has 32 heavy (non-hydrogen) atoms. The molecule has 4 heterocycles.